The van der Waals surface area contributed by atoms with Gasteiger partial charge in [0.2, 0.25) is 0 Å². The van der Waals surface area contributed by atoms with E-state index >= 15 is 0 Å². The van der Waals surface area contributed by atoms with Crippen LogP contribution in [0, 0.1) is 17.4 Å². The minimum Gasteiger partial charge on any atom is -0.271 e. The first-order chi connectivity index (χ1) is 9.11. The number of aryl methyl sites for hydroxylation is 2. The van der Waals surface area contributed by atoms with Gasteiger partial charge in [-0.3, -0.25) is 11.3 Å². The Balaban J connectivity index is 2.29. The van der Waals surface area contributed by atoms with Crippen molar-refractivity contribution in [2.24, 2.45) is 5.84 Å². The zero-order chi connectivity index (χ0) is 13.8. The molecule has 0 saturated carbocycles. The molecule has 0 aliphatic carbocycles. The number of halogens is 1. The van der Waals surface area contributed by atoms with E-state index in [1.807, 2.05) is 0 Å². The van der Waals surface area contributed by atoms with Crippen LogP contribution in [-0.2, 0) is 6.42 Å². The molecule has 2 aromatic carbocycles. The van der Waals surface area contributed by atoms with Gasteiger partial charge in [0.05, 0.1) is 6.04 Å². The third kappa shape index (κ3) is 3.55. The van der Waals surface area contributed by atoms with Gasteiger partial charge in [0, 0.05) is 3.57 Å². The summed E-state index contributed by atoms with van der Waals surface area (Å²) in [4.78, 5) is 0. The Kier molecular flexibility index (Phi) is 4.96. The van der Waals surface area contributed by atoms with Gasteiger partial charge < -0.3 is 0 Å². The summed E-state index contributed by atoms with van der Waals surface area (Å²) >= 11 is 2.33. The topological polar surface area (TPSA) is 38.0 Å². The molecule has 0 heterocycles. The maximum Gasteiger partial charge on any atom is 0.0500 e. The summed E-state index contributed by atoms with van der Waals surface area (Å²) in [5.41, 5.74) is 8.21. The summed E-state index contributed by atoms with van der Waals surface area (Å²) in [5.74, 6) is 5.75. The normalized spacial score (nSPS) is 12.4. The first-order valence-corrected chi connectivity index (χ1v) is 7.46. The van der Waals surface area contributed by atoms with E-state index in [-0.39, 0.29) is 6.04 Å². The van der Waals surface area contributed by atoms with E-state index in [1.54, 1.807) is 0 Å². The number of hydrazine groups is 1. The first kappa shape index (κ1) is 14.5. The number of hydrogen-bond acceptors (Lipinski definition) is 2. The van der Waals surface area contributed by atoms with Crippen molar-refractivity contribution in [3.63, 3.8) is 0 Å². The number of hydrogen-bond donors (Lipinski definition) is 2. The highest BCUT2D eigenvalue weighted by atomic mass is 127. The summed E-state index contributed by atoms with van der Waals surface area (Å²) < 4.78 is 1.23. The molecule has 100 valence electrons. The van der Waals surface area contributed by atoms with Crippen LogP contribution in [0.1, 0.15) is 28.3 Å². The number of nitrogens with two attached hydrogens (primary N) is 1. The van der Waals surface area contributed by atoms with Gasteiger partial charge in [-0.15, -0.1) is 0 Å². The maximum atomic E-state index is 5.75. The Morgan fingerprint density at radius 3 is 2.32 bits per heavy atom. The molecular formula is C16H19IN2. The lowest BCUT2D eigenvalue weighted by atomic mass is 9.93. The molecule has 0 aromatic heterocycles. The van der Waals surface area contributed by atoms with Gasteiger partial charge in [-0.05, 0) is 77.2 Å². The minimum absolute atomic E-state index is 0.148. The van der Waals surface area contributed by atoms with Gasteiger partial charge in [-0.1, -0.05) is 30.3 Å². The second-order valence-corrected chi connectivity index (χ2v) is 6.09. The van der Waals surface area contributed by atoms with Crippen LogP contribution >= 0.6 is 22.6 Å². The third-order valence-corrected chi connectivity index (χ3v) is 4.18. The second-order valence-electron chi connectivity index (χ2n) is 4.85. The maximum absolute atomic E-state index is 5.75. The van der Waals surface area contributed by atoms with Crippen molar-refractivity contribution in [2.45, 2.75) is 26.3 Å². The van der Waals surface area contributed by atoms with Crippen LogP contribution in [0.25, 0.3) is 0 Å². The van der Waals surface area contributed by atoms with Crippen molar-refractivity contribution in [3.05, 3.63) is 68.3 Å². The summed E-state index contributed by atoms with van der Waals surface area (Å²) in [7, 11) is 0. The second kappa shape index (κ2) is 6.50. The average molecular weight is 366 g/mol. The summed E-state index contributed by atoms with van der Waals surface area (Å²) in [6, 6.07) is 15.0. The molecule has 0 spiro atoms. The van der Waals surface area contributed by atoms with E-state index in [9.17, 15) is 0 Å². The van der Waals surface area contributed by atoms with E-state index < -0.39 is 0 Å². The summed E-state index contributed by atoms with van der Waals surface area (Å²) in [5, 5.41) is 0. The zero-order valence-electron chi connectivity index (χ0n) is 11.3. The van der Waals surface area contributed by atoms with E-state index in [1.165, 1.54) is 25.8 Å². The fourth-order valence-electron chi connectivity index (χ4n) is 2.37. The molecule has 2 rings (SSSR count). The summed E-state index contributed by atoms with van der Waals surface area (Å²) in [6.45, 7) is 4.31. The Labute approximate surface area is 128 Å². The largest absolute Gasteiger partial charge is 0.271 e. The fourth-order valence-corrected chi connectivity index (χ4v) is 2.94. The van der Waals surface area contributed by atoms with Crippen LogP contribution in [0.5, 0.6) is 0 Å². The number of benzene rings is 2. The lowest BCUT2D eigenvalue weighted by Crippen LogP contribution is -2.30. The fraction of sp³-hybridized carbons (Fsp3) is 0.250. The molecule has 1 unspecified atom stereocenters. The Morgan fingerprint density at radius 1 is 1.11 bits per heavy atom. The van der Waals surface area contributed by atoms with Gasteiger partial charge in [-0.25, -0.2) is 0 Å². The Bertz CT molecular complexity index is 546. The molecule has 0 amide bonds. The van der Waals surface area contributed by atoms with E-state index in [4.69, 9.17) is 5.84 Å². The van der Waals surface area contributed by atoms with Crippen LogP contribution in [0.2, 0.25) is 0 Å². The molecule has 0 fully saturated rings. The van der Waals surface area contributed by atoms with Crippen LogP contribution in [0.3, 0.4) is 0 Å². The standard InChI is InChI=1S/C16H19IN2/c1-11-5-3-6-12(2)15(11)10-16(19-18)13-7-4-8-14(17)9-13/h3-9,16,19H,10,18H2,1-2H3. The highest BCUT2D eigenvalue weighted by Crippen LogP contribution is 2.23. The van der Waals surface area contributed by atoms with Crippen LogP contribution in [0.4, 0.5) is 0 Å². The SMILES string of the molecule is Cc1cccc(C)c1CC(NN)c1cccc(I)c1. The van der Waals surface area contributed by atoms with Crippen molar-refractivity contribution in [3.8, 4) is 0 Å². The molecule has 3 heteroatoms. The molecule has 1 atom stereocenters. The molecular weight excluding hydrogens is 347 g/mol. The molecule has 0 aliphatic heterocycles. The van der Waals surface area contributed by atoms with Crippen LogP contribution in [0.15, 0.2) is 42.5 Å². The van der Waals surface area contributed by atoms with Gasteiger partial charge in [-0.2, -0.15) is 0 Å². The predicted octanol–water partition coefficient (Wildman–Crippen LogP) is 3.66. The number of nitrogens with one attached hydrogen (secondary N) is 1. The van der Waals surface area contributed by atoms with Crippen LogP contribution in [-0.4, -0.2) is 0 Å². The molecule has 0 bridgehead atoms. The van der Waals surface area contributed by atoms with Crippen molar-refractivity contribution in [1.29, 1.82) is 0 Å². The lowest BCUT2D eigenvalue weighted by molar-refractivity contribution is 0.549. The highest BCUT2D eigenvalue weighted by Gasteiger charge is 2.13. The van der Waals surface area contributed by atoms with E-state index in [0.29, 0.717) is 0 Å². The van der Waals surface area contributed by atoms with Gasteiger partial charge >= 0.3 is 0 Å². The summed E-state index contributed by atoms with van der Waals surface area (Å²) in [6.07, 6.45) is 0.912. The molecule has 19 heavy (non-hydrogen) atoms. The monoisotopic (exact) mass is 366 g/mol. The highest BCUT2D eigenvalue weighted by molar-refractivity contribution is 14.1. The van der Waals surface area contributed by atoms with E-state index in [0.717, 1.165) is 6.42 Å². The van der Waals surface area contributed by atoms with Crippen molar-refractivity contribution in [1.82, 2.24) is 5.43 Å². The minimum atomic E-state index is 0.148. The quantitative estimate of drug-likeness (QED) is 0.493. The van der Waals surface area contributed by atoms with Gasteiger partial charge in [0.15, 0.2) is 0 Å². The zero-order valence-corrected chi connectivity index (χ0v) is 13.4. The van der Waals surface area contributed by atoms with Crippen molar-refractivity contribution in [2.75, 3.05) is 0 Å². The van der Waals surface area contributed by atoms with Gasteiger partial charge in [0.1, 0.15) is 0 Å². The van der Waals surface area contributed by atoms with Crippen molar-refractivity contribution >= 4 is 22.6 Å². The Morgan fingerprint density at radius 2 is 1.74 bits per heavy atom. The average Bonchev–Trinajstić information content (AvgIpc) is 2.38. The molecule has 2 aromatic rings. The van der Waals surface area contributed by atoms with Crippen molar-refractivity contribution < 1.29 is 0 Å². The van der Waals surface area contributed by atoms with Crippen LogP contribution < -0.4 is 11.3 Å². The van der Waals surface area contributed by atoms with Gasteiger partial charge in [0.25, 0.3) is 0 Å². The molecule has 0 aliphatic rings. The molecule has 3 N–H and O–H groups in total. The predicted molar refractivity (Wildman–Crippen MR) is 88.8 cm³/mol. The molecule has 2 nitrogen and oxygen atoms in total. The van der Waals surface area contributed by atoms with E-state index in [2.05, 4.69) is 84.3 Å². The lowest BCUT2D eigenvalue weighted by Gasteiger charge is -2.19. The molecule has 0 saturated heterocycles. The smallest absolute Gasteiger partial charge is 0.0500 e. The molecule has 0 radical (unpaired) electrons. The third-order valence-electron chi connectivity index (χ3n) is 3.50. The first-order valence-electron chi connectivity index (χ1n) is 6.38. The number of rotatable bonds is 4. The Hall–Kier alpha value is -0.910.